The Hall–Kier alpha value is -2.61. The molecule has 1 amide bonds. The number of aryl methyl sites for hydroxylation is 1. The van der Waals surface area contributed by atoms with Crippen molar-refractivity contribution in [1.82, 2.24) is 24.5 Å². The molecule has 0 aliphatic rings. The quantitative estimate of drug-likeness (QED) is 0.634. The molecule has 0 fully saturated rings. The number of hydrogen-bond acceptors (Lipinski definition) is 4. The van der Waals surface area contributed by atoms with Crippen molar-refractivity contribution in [3.05, 3.63) is 64.7 Å². The third kappa shape index (κ3) is 4.48. The number of nitrogens with zero attached hydrogens (tertiary/aromatic N) is 5. The molecule has 0 aliphatic carbocycles. The van der Waals surface area contributed by atoms with Crippen LogP contribution in [0, 0.1) is 0 Å². The van der Waals surface area contributed by atoms with Crippen LogP contribution < -0.4 is 4.74 Å². The van der Waals surface area contributed by atoms with Crippen LogP contribution >= 0.6 is 15.9 Å². The van der Waals surface area contributed by atoms with Gasteiger partial charge >= 0.3 is 0 Å². The maximum absolute atomic E-state index is 12.5. The second-order valence-electron chi connectivity index (χ2n) is 5.65. The van der Waals surface area contributed by atoms with E-state index < -0.39 is 0 Å². The summed E-state index contributed by atoms with van der Waals surface area (Å²) in [4.78, 5) is 14.1. The third-order valence-corrected chi connectivity index (χ3v) is 4.09. The topological polar surface area (TPSA) is 65.2 Å². The van der Waals surface area contributed by atoms with Crippen LogP contribution in [0.2, 0.25) is 0 Å². The van der Waals surface area contributed by atoms with Crippen LogP contribution in [0.25, 0.3) is 0 Å². The average molecular weight is 404 g/mol. The van der Waals surface area contributed by atoms with Gasteiger partial charge in [-0.15, -0.1) is 0 Å². The molecule has 0 saturated heterocycles. The second kappa shape index (κ2) is 7.52. The molecule has 0 unspecified atom stereocenters. The van der Waals surface area contributed by atoms with Crippen molar-refractivity contribution in [1.29, 1.82) is 0 Å². The molecular weight excluding hydrogens is 386 g/mol. The van der Waals surface area contributed by atoms with Crippen LogP contribution in [0.15, 0.2) is 53.4 Å². The zero-order valence-electron chi connectivity index (χ0n) is 14.0. The number of rotatable bonds is 6. The normalized spacial score (nSPS) is 10.7. The summed E-state index contributed by atoms with van der Waals surface area (Å²) in [6.45, 7) is 0.718. The summed E-state index contributed by atoms with van der Waals surface area (Å²) >= 11 is 3.38. The van der Waals surface area contributed by atoms with E-state index >= 15 is 0 Å². The lowest BCUT2D eigenvalue weighted by Gasteiger charge is -2.14. The number of aromatic nitrogens is 4. The number of halogens is 1. The van der Waals surface area contributed by atoms with Gasteiger partial charge in [-0.2, -0.15) is 10.2 Å². The van der Waals surface area contributed by atoms with Crippen molar-refractivity contribution >= 4 is 21.8 Å². The lowest BCUT2D eigenvalue weighted by molar-refractivity contribution is 0.0777. The van der Waals surface area contributed by atoms with Gasteiger partial charge in [0.05, 0.1) is 6.20 Å². The van der Waals surface area contributed by atoms with Gasteiger partial charge in [0.15, 0.2) is 12.4 Å². The highest BCUT2D eigenvalue weighted by Gasteiger charge is 2.15. The largest absolute Gasteiger partial charge is 0.471 e. The molecule has 1 aromatic carbocycles. The summed E-state index contributed by atoms with van der Waals surface area (Å²) in [5.41, 5.74) is 1.35. The Balaban J connectivity index is 1.58. The number of benzene rings is 1. The molecule has 0 bridgehead atoms. The molecule has 7 nitrogen and oxygen atoms in total. The summed E-state index contributed by atoms with van der Waals surface area (Å²) in [7, 11) is 3.59. The fourth-order valence-corrected chi connectivity index (χ4v) is 2.58. The lowest BCUT2D eigenvalue weighted by Crippen LogP contribution is -2.26. The third-order valence-electron chi connectivity index (χ3n) is 3.56. The highest BCUT2D eigenvalue weighted by Crippen LogP contribution is 2.16. The molecule has 0 aliphatic heterocycles. The smallest absolute Gasteiger partial charge is 0.274 e. The van der Waals surface area contributed by atoms with E-state index in [1.165, 1.54) is 0 Å². The predicted molar refractivity (Wildman–Crippen MR) is 96.0 cm³/mol. The van der Waals surface area contributed by atoms with Crippen LogP contribution in [0.3, 0.4) is 0 Å². The van der Waals surface area contributed by atoms with Gasteiger partial charge in [-0.1, -0.05) is 15.9 Å². The summed E-state index contributed by atoms with van der Waals surface area (Å²) < 4.78 is 9.93. The number of hydrogen-bond donors (Lipinski definition) is 0. The molecule has 0 N–H and O–H groups in total. The molecule has 3 aromatic rings. The zero-order valence-corrected chi connectivity index (χ0v) is 15.5. The molecule has 130 valence electrons. The van der Waals surface area contributed by atoms with Crippen LogP contribution in [-0.4, -0.2) is 37.4 Å². The van der Waals surface area contributed by atoms with Crippen LogP contribution in [0.4, 0.5) is 0 Å². The second-order valence-corrected chi connectivity index (χ2v) is 6.57. The van der Waals surface area contributed by atoms with E-state index in [2.05, 4.69) is 26.1 Å². The molecule has 0 saturated carbocycles. The molecule has 0 radical (unpaired) electrons. The van der Waals surface area contributed by atoms with Crippen molar-refractivity contribution in [2.24, 2.45) is 7.05 Å². The molecule has 0 spiro atoms. The van der Waals surface area contributed by atoms with Gasteiger partial charge in [0, 0.05) is 43.1 Å². The first kappa shape index (κ1) is 17.2. The summed E-state index contributed by atoms with van der Waals surface area (Å²) in [5, 5.41) is 8.38. The van der Waals surface area contributed by atoms with Crippen LogP contribution in [0.5, 0.6) is 5.75 Å². The molecule has 0 atom stereocenters. The summed E-state index contributed by atoms with van der Waals surface area (Å²) in [5.74, 6) is 0.589. The zero-order chi connectivity index (χ0) is 17.8. The van der Waals surface area contributed by atoms with Gasteiger partial charge < -0.3 is 9.64 Å². The van der Waals surface area contributed by atoms with Crippen LogP contribution in [0.1, 0.15) is 16.1 Å². The van der Waals surface area contributed by atoms with E-state index in [0.717, 1.165) is 15.8 Å². The van der Waals surface area contributed by atoms with E-state index in [0.29, 0.717) is 12.2 Å². The molecular formula is C17H18BrN5O2. The van der Waals surface area contributed by atoms with Gasteiger partial charge in [0.2, 0.25) is 0 Å². The fraction of sp³-hybridized carbons (Fsp3) is 0.235. The summed E-state index contributed by atoms with van der Waals surface area (Å²) in [6, 6.07) is 9.22. The van der Waals surface area contributed by atoms with Gasteiger partial charge in [0.25, 0.3) is 5.91 Å². The molecule has 8 heteroatoms. The Morgan fingerprint density at radius 1 is 1.28 bits per heavy atom. The van der Waals surface area contributed by atoms with Crippen molar-refractivity contribution in [2.45, 2.75) is 13.3 Å². The first-order valence-electron chi connectivity index (χ1n) is 7.66. The van der Waals surface area contributed by atoms with E-state index in [9.17, 15) is 4.79 Å². The fourth-order valence-electron chi connectivity index (χ4n) is 2.31. The van der Waals surface area contributed by atoms with Crippen molar-refractivity contribution < 1.29 is 9.53 Å². The average Bonchev–Trinajstić information content (AvgIpc) is 3.23. The molecule has 3 rings (SSSR count). The predicted octanol–water partition coefficient (Wildman–Crippen LogP) is 2.69. The first-order chi connectivity index (χ1) is 12.0. The molecule has 2 aromatic heterocycles. The van der Waals surface area contributed by atoms with Crippen molar-refractivity contribution in [3.63, 3.8) is 0 Å². The monoisotopic (exact) mass is 403 g/mol. The Morgan fingerprint density at radius 2 is 2.04 bits per heavy atom. The maximum Gasteiger partial charge on any atom is 0.274 e. The Bertz CT molecular complexity index is 856. The van der Waals surface area contributed by atoms with Crippen molar-refractivity contribution in [2.75, 3.05) is 7.05 Å². The van der Waals surface area contributed by atoms with Gasteiger partial charge in [-0.05, 0) is 30.3 Å². The first-order valence-corrected chi connectivity index (χ1v) is 8.45. The van der Waals surface area contributed by atoms with E-state index in [1.54, 1.807) is 39.8 Å². The lowest BCUT2D eigenvalue weighted by atomic mass is 10.3. The SMILES string of the molecule is CN(Cc1cnn(C)c1)C(=O)c1ccn(COc2ccc(Br)cc2)n1. The number of ether oxygens (including phenoxy) is 1. The number of carbonyl (C=O) groups excluding carboxylic acids is 1. The van der Waals surface area contributed by atoms with Gasteiger partial charge in [-0.25, -0.2) is 4.68 Å². The number of carbonyl (C=O) groups is 1. The van der Waals surface area contributed by atoms with E-state index in [4.69, 9.17) is 4.74 Å². The van der Waals surface area contributed by atoms with E-state index in [1.807, 2.05) is 37.5 Å². The maximum atomic E-state index is 12.5. The Labute approximate surface area is 153 Å². The van der Waals surface area contributed by atoms with Gasteiger partial charge in [0.1, 0.15) is 5.75 Å². The standard InChI is InChI=1S/C17H18BrN5O2/c1-21(10-13-9-19-22(2)11-13)17(24)16-7-8-23(20-16)12-25-15-5-3-14(18)4-6-15/h3-9,11H,10,12H2,1-2H3. The highest BCUT2D eigenvalue weighted by atomic mass is 79.9. The van der Waals surface area contributed by atoms with E-state index in [-0.39, 0.29) is 12.6 Å². The Morgan fingerprint density at radius 3 is 2.72 bits per heavy atom. The molecule has 2 heterocycles. The minimum atomic E-state index is -0.147. The summed E-state index contributed by atoms with van der Waals surface area (Å²) in [6.07, 6.45) is 5.35. The minimum absolute atomic E-state index is 0.147. The molecule has 25 heavy (non-hydrogen) atoms. The number of amides is 1. The Kier molecular flexibility index (Phi) is 5.18. The minimum Gasteiger partial charge on any atom is -0.471 e. The highest BCUT2D eigenvalue weighted by molar-refractivity contribution is 9.10. The van der Waals surface area contributed by atoms with Gasteiger partial charge in [-0.3, -0.25) is 9.48 Å². The van der Waals surface area contributed by atoms with Crippen molar-refractivity contribution in [3.8, 4) is 5.75 Å². The van der Waals surface area contributed by atoms with Crippen LogP contribution in [-0.2, 0) is 20.3 Å².